The fourth-order valence-corrected chi connectivity index (χ4v) is 11.9. The van der Waals surface area contributed by atoms with Crippen LogP contribution in [0.4, 0.5) is 0 Å². The Kier molecular flexibility index (Phi) is 11.0. The average Bonchev–Trinajstić information content (AvgIpc) is 3.92. The van der Waals surface area contributed by atoms with Crippen molar-refractivity contribution in [1.29, 1.82) is 5.26 Å². The summed E-state index contributed by atoms with van der Waals surface area (Å²) < 4.78 is 5.04. The summed E-state index contributed by atoms with van der Waals surface area (Å²) in [6.45, 7) is 0. The van der Waals surface area contributed by atoms with Gasteiger partial charge in [-0.05, 0) is 104 Å². The summed E-state index contributed by atoms with van der Waals surface area (Å²) >= 11 is 0. The second kappa shape index (κ2) is 17.1. The Hall–Kier alpha value is -7.15. The summed E-state index contributed by atoms with van der Waals surface area (Å²) in [6.07, 6.45) is 0. The van der Waals surface area contributed by atoms with Gasteiger partial charge in [0.25, 0.3) is 0 Å². The van der Waals surface area contributed by atoms with E-state index >= 15 is 0 Å². The van der Waals surface area contributed by atoms with Gasteiger partial charge in [-0.25, -0.2) is 0 Å². The lowest BCUT2D eigenvalue weighted by Crippen LogP contribution is -2.55. The van der Waals surface area contributed by atoms with Crippen LogP contribution >= 0.6 is 0 Å². The van der Waals surface area contributed by atoms with Gasteiger partial charge in [0.15, 0.2) is 0 Å². The van der Waals surface area contributed by atoms with Gasteiger partial charge in [-0.15, -0.1) is 21.9 Å². The first-order valence-corrected chi connectivity index (χ1v) is 24.7. The van der Waals surface area contributed by atoms with Crippen LogP contribution in [0.2, 0.25) is 0 Å². The molecule has 70 heavy (non-hydrogen) atoms. The standard InChI is InChI=1S/C55H47B12N3/c56-42-38(45(59)52(66)54-40(42)41-46(60)49(63)51(65)53(67)55(41)70(54)33-8-4-7-29(21-33)26-5-2-1-3-6-26)30-16-20-36-35(22-30)34-19-15-31(39-43(57)47(61)50(64)48(62)44(39)58)23-37(34)69(36)32-17-13-28(14-18-32)27-11-9-25(24-68)10-12-27/h1-23H,56-67H2. The first kappa shape index (κ1) is 45.3. The van der Waals surface area contributed by atoms with Crippen LogP contribution in [0.25, 0.3) is 99.5 Å². The number of hydrogen-bond donors (Lipinski definition) is 0. The summed E-state index contributed by atoms with van der Waals surface area (Å²) in [4.78, 5) is 0. The van der Waals surface area contributed by atoms with Crippen molar-refractivity contribution in [3.63, 3.8) is 0 Å². The molecule has 3 nitrogen and oxygen atoms in total. The van der Waals surface area contributed by atoms with Crippen molar-refractivity contribution in [1.82, 2.24) is 9.13 Å². The Morgan fingerprint density at radius 2 is 0.800 bits per heavy atom. The van der Waals surface area contributed by atoms with Crippen LogP contribution in [0.1, 0.15) is 5.56 Å². The summed E-state index contributed by atoms with van der Waals surface area (Å²) in [5.74, 6) is 0. The minimum atomic E-state index is 0.665. The van der Waals surface area contributed by atoms with Crippen LogP contribution < -0.4 is 65.6 Å². The molecule has 2 heterocycles. The third-order valence-corrected chi connectivity index (χ3v) is 16.7. The lowest BCUT2D eigenvalue weighted by Gasteiger charge is -2.20. The van der Waals surface area contributed by atoms with E-state index < -0.39 is 0 Å². The molecule has 0 N–H and O–H groups in total. The zero-order chi connectivity index (χ0) is 49.0. The van der Waals surface area contributed by atoms with E-state index in [1.807, 2.05) is 24.3 Å². The first-order chi connectivity index (χ1) is 33.7. The zero-order valence-corrected chi connectivity index (χ0v) is 42.6. The number of fused-ring (bicyclic) bond motifs is 6. The van der Waals surface area contributed by atoms with Crippen LogP contribution in [0.3, 0.4) is 0 Å². The van der Waals surface area contributed by atoms with Gasteiger partial charge in [-0.3, -0.25) is 0 Å². The van der Waals surface area contributed by atoms with E-state index in [2.05, 4.69) is 225 Å². The second-order valence-corrected chi connectivity index (χ2v) is 20.0. The lowest BCUT2D eigenvalue weighted by molar-refractivity contribution is 1.18. The summed E-state index contributed by atoms with van der Waals surface area (Å²) in [6, 6.07) is 53.2. The highest BCUT2D eigenvalue weighted by atomic mass is 15.0. The van der Waals surface area contributed by atoms with E-state index in [4.69, 9.17) is 0 Å². The van der Waals surface area contributed by atoms with Crippen LogP contribution in [-0.4, -0.2) is 103 Å². The monoisotopic (exact) mass is 881 g/mol. The molecular formula is C55H47B12N3. The Balaban J connectivity index is 1.16. The SMILES string of the molecule is Bc1c(B)c(B)c(-c2ccc3c4cc(-c5c(B)c(B)c6c(c5B)c5c(B)c(B)c(B)c(B)c5n6-c5cccc(-c6ccccc6)c5)ccc4n(-c4ccc(-c5ccc(C#N)cc5)cc4)c3c2)c(B)c1B. The van der Waals surface area contributed by atoms with E-state index in [9.17, 15) is 5.26 Å². The van der Waals surface area contributed by atoms with Crippen molar-refractivity contribution < 1.29 is 0 Å². The molecule has 11 rings (SSSR count). The second-order valence-electron chi connectivity index (χ2n) is 20.0. The summed E-state index contributed by atoms with van der Waals surface area (Å²) in [7, 11) is 27.6. The molecule has 9 aromatic carbocycles. The Labute approximate surface area is 422 Å². The molecule has 0 unspecified atom stereocenters. The highest BCUT2D eigenvalue weighted by molar-refractivity contribution is 6.70. The Morgan fingerprint density at radius 1 is 0.314 bits per heavy atom. The molecule has 0 saturated carbocycles. The van der Waals surface area contributed by atoms with E-state index in [-0.39, 0.29) is 0 Å². The fourth-order valence-electron chi connectivity index (χ4n) is 11.9. The quantitative estimate of drug-likeness (QED) is 0.153. The van der Waals surface area contributed by atoms with E-state index in [0.29, 0.717) is 5.56 Å². The van der Waals surface area contributed by atoms with Crippen molar-refractivity contribution in [3.05, 3.63) is 145 Å². The highest BCUT2D eigenvalue weighted by Crippen LogP contribution is 2.38. The molecule has 0 radical (unpaired) electrons. The van der Waals surface area contributed by atoms with E-state index in [1.165, 1.54) is 148 Å². The molecule has 0 aliphatic rings. The number of aromatic nitrogens is 2. The van der Waals surface area contributed by atoms with Crippen LogP contribution in [0.15, 0.2) is 140 Å². The average molecular weight is 880 g/mol. The Bertz CT molecular complexity index is 4050. The van der Waals surface area contributed by atoms with Crippen molar-refractivity contribution in [3.8, 4) is 62.0 Å². The summed E-state index contributed by atoms with van der Waals surface area (Å²) in [5.41, 5.74) is 33.7. The minimum Gasteiger partial charge on any atom is -0.310 e. The van der Waals surface area contributed by atoms with Crippen molar-refractivity contribution in [2.45, 2.75) is 0 Å². The third-order valence-electron chi connectivity index (χ3n) is 16.7. The van der Waals surface area contributed by atoms with Gasteiger partial charge in [-0.1, -0.05) is 129 Å². The van der Waals surface area contributed by atoms with Gasteiger partial charge < -0.3 is 9.13 Å². The van der Waals surface area contributed by atoms with Gasteiger partial charge >= 0.3 is 0 Å². The highest BCUT2D eigenvalue weighted by Gasteiger charge is 2.26. The molecule has 11 aromatic rings. The van der Waals surface area contributed by atoms with Crippen LogP contribution in [0.5, 0.6) is 0 Å². The lowest BCUT2D eigenvalue weighted by atomic mass is 9.59. The molecule has 0 spiro atoms. The maximum absolute atomic E-state index is 9.44. The number of nitrogens with zero attached hydrogens (tertiary/aromatic N) is 3. The topological polar surface area (TPSA) is 33.6 Å². The molecule has 0 aliphatic heterocycles. The number of nitriles is 1. The molecule has 0 fully saturated rings. The maximum Gasteiger partial charge on any atom is 0.141 e. The largest absolute Gasteiger partial charge is 0.310 e. The molecule has 0 amide bonds. The Morgan fingerprint density at radius 3 is 1.46 bits per heavy atom. The van der Waals surface area contributed by atoms with Crippen molar-refractivity contribution >= 4 is 203 Å². The molecule has 15 heteroatoms. The van der Waals surface area contributed by atoms with Crippen LogP contribution in [0, 0.1) is 11.3 Å². The fraction of sp³-hybridized carbons (Fsp3) is 0. The molecular weight excluding hydrogens is 832 g/mol. The normalized spacial score (nSPS) is 11.5. The molecule has 0 atom stereocenters. The maximum atomic E-state index is 9.44. The third kappa shape index (κ3) is 6.81. The number of hydrogen-bond acceptors (Lipinski definition) is 1. The summed E-state index contributed by atoms with van der Waals surface area (Å²) in [5, 5.41) is 14.6. The van der Waals surface area contributed by atoms with E-state index in [0.717, 1.165) is 16.8 Å². The smallest absolute Gasteiger partial charge is 0.141 e. The van der Waals surface area contributed by atoms with Crippen molar-refractivity contribution in [2.75, 3.05) is 0 Å². The molecule has 0 aliphatic carbocycles. The molecule has 2 aromatic heterocycles. The predicted molar refractivity (Wildman–Crippen MR) is 340 cm³/mol. The molecule has 0 bridgehead atoms. The first-order valence-electron chi connectivity index (χ1n) is 24.7. The van der Waals surface area contributed by atoms with Gasteiger partial charge in [0.1, 0.15) is 94.2 Å². The van der Waals surface area contributed by atoms with Crippen molar-refractivity contribution in [2.24, 2.45) is 0 Å². The molecule has 0 saturated heterocycles. The molecule has 318 valence electrons. The van der Waals surface area contributed by atoms with Gasteiger partial charge in [-0.2, -0.15) is 5.26 Å². The van der Waals surface area contributed by atoms with E-state index in [1.54, 1.807) is 0 Å². The minimum absolute atomic E-state index is 0.665. The number of benzene rings is 9. The van der Waals surface area contributed by atoms with Gasteiger partial charge in [0.2, 0.25) is 0 Å². The van der Waals surface area contributed by atoms with Crippen LogP contribution in [-0.2, 0) is 0 Å². The predicted octanol–water partition coefficient (Wildman–Crippen LogP) is -6.48. The zero-order valence-electron chi connectivity index (χ0n) is 42.6. The van der Waals surface area contributed by atoms with Gasteiger partial charge in [0.05, 0.1) is 22.7 Å². The number of rotatable bonds is 6. The van der Waals surface area contributed by atoms with Gasteiger partial charge in [0, 0.05) is 38.6 Å².